The van der Waals surface area contributed by atoms with Gasteiger partial charge in [-0.2, -0.15) is 0 Å². The van der Waals surface area contributed by atoms with Crippen molar-refractivity contribution in [2.45, 2.75) is 38.3 Å². The van der Waals surface area contributed by atoms with Gasteiger partial charge >= 0.3 is 6.03 Å². The van der Waals surface area contributed by atoms with Gasteiger partial charge in [-0.1, -0.05) is 30.3 Å². The van der Waals surface area contributed by atoms with Gasteiger partial charge in [-0.3, -0.25) is 0 Å². The zero-order valence-corrected chi connectivity index (χ0v) is 14.8. The van der Waals surface area contributed by atoms with Gasteiger partial charge in [0, 0.05) is 24.2 Å². The molecule has 1 aliphatic rings. The molecule has 0 saturated carbocycles. The van der Waals surface area contributed by atoms with Crippen LogP contribution in [0.2, 0.25) is 0 Å². The van der Waals surface area contributed by atoms with Crippen molar-refractivity contribution >= 4 is 17.4 Å². The topological polar surface area (TPSA) is 65.5 Å². The first-order valence-corrected chi connectivity index (χ1v) is 9.11. The third-order valence-corrected chi connectivity index (χ3v) is 5.68. The zero-order chi connectivity index (χ0) is 17.2. The molecular formula is C18H23N3O2S. The molecule has 0 aliphatic carbocycles. The molecule has 1 saturated heterocycles. The predicted octanol–water partition coefficient (Wildman–Crippen LogP) is 3.21. The van der Waals surface area contributed by atoms with Gasteiger partial charge in [0.2, 0.25) is 0 Å². The number of rotatable bonds is 3. The fourth-order valence-electron chi connectivity index (χ4n) is 3.03. The summed E-state index contributed by atoms with van der Waals surface area (Å²) < 4.78 is 0. The van der Waals surface area contributed by atoms with E-state index >= 15 is 0 Å². The summed E-state index contributed by atoms with van der Waals surface area (Å²) in [5.41, 5.74) is 1.06. The van der Waals surface area contributed by atoms with E-state index in [1.165, 1.54) is 0 Å². The van der Waals surface area contributed by atoms with Crippen LogP contribution in [0.1, 0.15) is 42.1 Å². The lowest BCUT2D eigenvalue weighted by Crippen LogP contribution is -2.49. The molecule has 2 N–H and O–H groups in total. The Balaban J connectivity index is 1.57. The highest BCUT2D eigenvalue weighted by molar-refractivity contribution is 7.09. The number of nitrogens with zero attached hydrogens (tertiary/aromatic N) is 2. The number of likely N-dealkylation sites (tertiary alicyclic amines) is 1. The van der Waals surface area contributed by atoms with Crippen molar-refractivity contribution in [1.82, 2.24) is 15.2 Å². The van der Waals surface area contributed by atoms with Crippen molar-refractivity contribution in [3.63, 3.8) is 0 Å². The van der Waals surface area contributed by atoms with E-state index < -0.39 is 5.60 Å². The first-order chi connectivity index (χ1) is 11.5. The van der Waals surface area contributed by atoms with Crippen LogP contribution in [-0.2, 0) is 5.60 Å². The van der Waals surface area contributed by atoms with Gasteiger partial charge in [0.25, 0.3) is 0 Å². The quantitative estimate of drug-likeness (QED) is 0.898. The molecule has 1 atom stereocenters. The lowest BCUT2D eigenvalue weighted by molar-refractivity contribution is -0.0169. The van der Waals surface area contributed by atoms with Gasteiger partial charge in [-0.25, -0.2) is 9.78 Å². The number of urea groups is 1. The fraction of sp³-hybridized carbons (Fsp3) is 0.444. The molecule has 6 heteroatoms. The molecule has 24 heavy (non-hydrogen) atoms. The number of carbonyl (C=O) groups excluding carboxylic acids is 1. The van der Waals surface area contributed by atoms with Crippen LogP contribution in [0.4, 0.5) is 4.79 Å². The second kappa shape index (κ2) is 6.91. The Labute approximate surface area is 146 Å². The SMILES string of the molecule is Cc1csc(C(C)NC(=O)N2CCC(O)(c3ccccc3)CC2)n1. The first kappa shape index (κ1) is 16.9. The monoisotopic (exact) mass is 345 g/mol. The second-order valence-electron chi connectivity index (χ2n) is 6.38. The van der Waals surface area contributed by atoms with E-state index in [1.807, 2.05) is 49.6 Å². The Kier molecular flexibility index (Phi) is 4.87. The molecule has 1 fully saturated rings. The Morgan fingerprint density at radius 1 is 1.33 bits per heavy atom. The normalized spacial score (nSPS) is 18.2. The van der Waals surface area contributed by atoms with Gasteiger partial charge in [0.1, 0.15) is 5.01 Å². The minimum Gasteiger partial charge on any atom is -0.385 e. The molecule has 0 radical (unpaired) electrons. The molecule has 1 unspecified atom stereocenters. The number of hydrogen-bond acceptors (Lipinski definition) is 4. The van der Waals surface area contributed by atoms with Crippen molar-refractivity contribution in [1.29, 1.82) is 0 Å². The largest absolute Gasteiger partial charge is 0.385 e. The van der Waals surface area contributed by atoms with Gasteiger partial charge in [0.15, 0.2) is 0 Å². The van der Waals surface area contributed by atoms with Crippen LogP contribution in [0.3, 0.4) is 0 Å². The molecule has 2 aromatic rings. The number of amides is 2. The molecule has 128 valence electrons. The minimum absolute atomic E-state index is 0.0922. The smallest absolute Gasteiger partial charge is 0.317 e. The number of nitrogens with one attached hydrogen (secondary N) is 1. The molecule has 1 aromatic heterocycles. The average Bonchev–Trinajstić information content (AvgIpc) is 3.03. The van der Waals surface area contributed by atoms with Crippen molar-refractivity contribution in [2.24, 2.45) is 0 Å². The molecule has 1 aromatic carbocycles. The molecule has 5 nitrogen and oxygen atoms in total. The van der Waals surface area contributed by atoms with E-state index in [4.69, 9.17) is 0 Å². The third kappa shape index (κ3) is 3.60. The standard InChI is InChI=1S/C18H23N3O2S/c1-13-12-24-16(19-13)14(2)20-17(22)21-10-8-18(23,9-11-21)15-6-4-3-5-7-15/h3-7,12,14,23H,8-11H2,1-2H3,(H,20,22). The number of carbonyl (C=O) groups is 1. The van der Waals surface area contributed by atoms with Gasteiger partial charge in [-0.05, 0) is 32.3 Å². The summed E-state index contributed by atoms with van der Waals surface area (Å²) in [6.07, 6.45) is 1.10. The predicted molar refractivity (Wildman–Crippen MR) is 94.9 cm³/mol. The molecule has 2 heterocycles. The maximum atomic E-state index is 12.4. The number of aromatic nitrogens is 1. The summed E-state index contributed by atoms with van der Waals surface area (Å²) >= 11 is 1.56. The van der Waals surface area contributed by atoms with Crippen molar-refractivity contribution in [3.05, 3.63) is 52.0 Å². The summed E-state index contributed by atoms with van der Waals surface area (Å²) in [4.78, 5) is 18.6. The molecule has 3 rings (SSSR count). The lowest BCUT2D eigenvalue weighted by Gasteiger charge is -2.38. The van der Waals surface area contributed by atoms with Gasteiger partial charge < -0.3 is 15.3 Å². The van der Waals surface area contributed by atoms with E-state index in [1.54, 1.807) is 16.2 Å². The lowest BCUT2D eigenvalue weighted by atomic mass is 9.84. The van der Waals surface area contributed by atoms with Gasteiger partial charge in [-0.15, -0.1) is 11.3 Å². The van der Waals surface area contributed by atoms with E-state index in [9.17, 15) is 9.90 Å². The maximum Gasteiger partial charge on any atom is 0.317 e. The highest BCUT2D eigenvalue weighted by Crippen LogP contribution is 2.32. The van der Waals surface area contributed by atoms with Crippen molar-refractivity contribution in [3.8, 4) is 0 Å². The molecule has 0 spiro atoms. The van der Waals surface area contributed by atoms with E-state index in [0.29, 0.717) is 25.9 Å². The Morgan fingerprint density at radius 3 is 2.58 bits per heavy atom. The van der Waals surface area contributed by atoms with E-state index in [0.717, 1.165) is 16.3 Å². The summed E-state index contributed by atoms with van der Waals surface area (Å²) in [5.74, 6) is 0. The zero-order valence-electron chi connectivity index (χ0n) is 14.0. The van der Waals surface area contributed by atoms with Crippen molar-refractivity contribution in [2.75, 3.05) is 13.1 Å². The Hall–Kier alpha value is -1.92. The molecular weight excluding hydrogens is 322 g/mol. The average molecular weight is 345 g/mol. The number of hydrogen-bond donors (Lipinski definition) is 2. The van der Waals surface area contributed by atoms with Crippen LogP contribution in [0.5, 0.6) is 0 Å². The number of benzene rings is 1. The van der Waals surface area contributed by atoms with Crippen LogP contribution in [-0.4, -0.2) is 34.1 Å². The van der Waals surface area contributed by atoms with Crippen LogP contribution < -0.4 is 5.32 Å². The Bertz CT molecular complexity index is 693. The number of aryl methyl sites for hydroxylation is 1. The minimum atomic E-state index is -0.837. The van der Waals surface area contributed by atoms with Crippen LogP contribution in [0, 0.1) is 6.92 Å². The molecule has 0 bridgehead atoms. The van der Waals surface area contributed by atoms with Gasteiger partial charge in [0.05, 0.1) is 11.6 Å². The number of thiazole rings is 1. The molecule has 1 aliphatic heterocycles. The number of aliphatic hydroxyl groups is 1. The van der Waals surface area contributed by atoms with Crippen molar-refractivity contribution < 1.29 is 9.90 Å². The fourth-order valence-corrected chi connectivity index (χ4v) is 3.83. The number of piperidine rings is 1. The van der Waals surface area contributed by atoms with Crippen LogP contribution in [0.25, 0.3) is 0 Å². The Morgan fingerprint density at radius 2 is 2.00 bits per heavy atom. The van der Waals surface area contributed by atoms with Crippen LogP contribution >= 0.6 is 11.3 Å². The highest BCUT2D eigenvalue weighted by Gasteiger charge is 2.35. The highest BCUT2D eigenvalue weighted by atomic mass is 32.1. The second-order valence-corrected chi connectivity index (χ2v) is 7.27. The summed E-state index contributed by atoms with van der Waals surface area (Å²) in [6, 6.07) is 9.51. The van der Waals surface area contributed by atoms with E-state index in [-0.39, 0.29) is 12.1 Å². The van der Waals surface area contributed by atoms with Crippen LogP contribution in [0.15, 0.2) is 35.7 Å². The summed E-state index contributed by atoms with van der Waals surface area (Å²) in [7, 11) is 0. The summed E-state index contributed by atoms with van der Waals surface area (Å²) in [5, 5.41) is 16.7. The third-order valence-electron chi connectivity index (χ3n) is 4.54. The molecule has 2 amide bonds. The first-order valence-electron chi connectivity index (χ1n) is 8.23. The van der Waals surface area contributed by atoms with E-state index in [2.05, 4.69) is 10.3 Å². The summed E-state index contributed by atoms with van der Waals surface area (Å²) in [6.45, 7) is 4.98. The maximum absolute atomic E-state index is 12.4.